The summed E-state index contributed by atoms with van der Waals surface area (Å²) in [5, 5.41) is 0. The van der Waals surface area contributed by atoms with Crippen LogP contribution < -0.4 is 19.6 Å². The van der Waals surface area contributed by atoms with Crippen molar-refractivity contribution in [1.82, 2.24) is 4.57 Å². The van der Waals surface area contributed by atoms with Gasteiger partial charge in [-0.2, -0.15) is 0 Å². The molecule has 1 aliphatic heterocycles. The summed E-state index contributed by atoms with van der Waals surface area (Å²) in [5.41, 5.74) is 4.04. The van der Waals surface area contributed by atoms with E-state index in [0.717, 1.165) is 31.2 Å². The van der Waals surface area contributed by atoms with Gasteiger partial charge < -0.3 is 9.47 Å². The second-order valence-electron chi connectivity index (χ2n) is 9.95. The molecule has 0 N–H and O–H groups in total. The zero-order valence-electron chi connectivity index (χ0n) is 23.6. The lowest BCUT2D eigenvalue weighted by molar-refractivity contribution is -0.138. The molecule has 0 fully saturated rings. The first-order valence-electron chi connectivity index (χ1n) is 13.9. The Labute approximate surface area is 274 Å². The molecule has 0 bridgehead atoms. The van der Waals surface area contributed by atoms with Crippen LogP contribution in [0.4, 0.5) is 0 Å². The number of nitrogens with zero attached hydrogens (tertiary/aromatic N) is 2. The second kappa shape index (κ2) is 13.3. The average molecular weight is 730 g/mol. The van der Waals surface area contributed by atoms with Crippen LogP contribution in [0.3, 0.4) is 0 Å². The molecule has 0 amide bonds. The van der Waals surface area contributed by atoms with Crippen LogP contribution >= 0.6 is 43.2 Å². The molecule has 9 heteroatoms. The third kappa shape index (κ3) is 6.26. The highest BCUT2D eigenvalue weighted by molar-refractivity contribution is 9.10. The maximum atomic E-state index is 14.1. The number of thiazole rings is 1. The van der Waals surface area contributed by atoms with Gasteiger partial charge in [0, 0.05) is 10.0 Å². The molecule has 4 aromatic carbocycles. The molecule has 0 saturated carbocycles. The fourth-order valence-corrected chi connectivity index (χ4v) is 6.78. The summed E-state index contributed by atoms with van der Waals surface area (Å²) in [6, 6.07) is 32.0. The number of benzene rings is 4. The Morgan fingerprint density at radius 1 is 0.955 bits per heavy atom. The Morgan fingerprint density at radius 2 is 1.66 bits per heavy atom. The van der Waals surface area contributed by atoms with Crippen LogP contribution in [0.15, 0.2) is 127 Å². The quantitative estimate of drug-likeness (QED) is 0.161. The fraction of sp³-hybridized carbons (Fsp3) is 0.114. The molecule has 1 atom stereocenters. The van der Waals surface area contributed by atoms with E-state index in [1.54, 1.807) is 11.5 Å². The van der Waals surface area contributed by atoms with Crippen LogP contribution in [0.25, 0.3) is 11.8 Å². The van der Waals surface area contributed by atoms with Gasteiger partial charge in [0.25, 0.3) is 5.56 Å². The average Bonchev–Trinajstić information content (AvgIpc) is 3.35. The van der Waals surface area contributed by atoms with Crippen molar-refractivity contribution < 1.29 is 14.3 Å². The summed E-state index contributed by atoms with van der Waals surface area (Å²) in [4.78, 5) is 33.0. The molecular formula is C35H26Br2N2O4S. The molecule has 1 aliphatic rings. The van der Waals surface area contributed by atoms with Crippen molar-refractivity contribution in [1.29, 1.82) is 0 Å². The van der Waals surface area contributed by atoms with Gasteiger partial charge in [-0.25, -0.2) is 9.79 Å². The molecular weight excluding hydrogens is 704 g/mol. The Balaban J connectivity index is 1.44. The minimum absolute atomic E-state index is 0.202. The third-order valence-electron chi connectivity index (χ3n) is 7.05. The van der Waals surface area contributed by atoms with Crippen LogP contribution in [-0.4, -0.2) is 17.1 Å². The molecule has 0 saturated heterocycles. The summed E-state index contributed by atoms with van der Waals surface area (Å²) < 4.78 is 15.4. The molecule has 6 rings (SSSR count). The molecule has 6 nitrogen and oxygen atoms in total. The molecule has 0 unspecified atom stereocenters. The van der Waals surface area contributed by atoms with Gasteiger partial charge in [-0.15, -0.1) is 0 Å². The number of fused-ring (bicyclic) bond motifs is 1. The highest BCUT2D eigenvalue weighted by Gasteiger charge is 2.35. The van der Waals surface area contributed by atoms with Crippen LogP contribution in [0, 0.1) is 0 Å². The van der Waals surface area contributed by atoms with E-state index < -0.39 is 12.0 Å². The first-order valence-corrected chi connectivity index (χ1v) is 16.3. The van der Waals surface area contributed by atoms with Crippen LogP contribution in [-0.2, 0) is 16.1 Å². The Hall–Kier alpha value is -4.05. The number of aromatic nitrogens is 1. The van der Waals surface area contributed by atoms with Crippen molar-refractivity contribution in [2.24, 2.45) is 4.99 Å². The summed E-state index contributed by atoms with van der Waals surface area (Å²) in [6.45, 7) is 2.40. The van der Waals surface area contributed by atoms with E-state index in [1.165, 1.54) is 11.3 Å². The predicted molar refractivity (Wildman–Crippen MR) is 180 cm³/mol. The van der Waals surface area contributed by atoms with Gasteiger partial charge >= 0.3 is 5.97 Å². The molecule has 0 radical (unpaired) electrons. The number of hydrogen-bond acceptors (Lipinski definition) is 6. The zero-order valence-corrected chi connectivity index (χ0v) is 27.6. The van der Waals surface area contributed by atoms with Crippen LogP contribution in [0.2, 0.25) is 0 Å². The third-order valence-corrected chi connectivity index (χ3v) is 9.18. The van der Waals surface area contributed by atoms with E-state index >= 15 is 0 Å². The van der Waals surface area contributed by atoms with Crippen molar-refractivity contribution in [2.45, 2.75) is 19.6 Å². The van der Waals surface area contributed by atoms with Gasteiger partial charge in [0.2, 0.25) is 0 Å². The van der Waals surface area contributed by atoms with Gasteiger partial charge in [-0.05, 0) is 69.9 Å². The number of esters is 1. The van der Waals surface area contributed by atoms with Gasteiger partial charge in [0.1, 0.15) is 12.4 Å². The monoisotopic (exact) mass is 728 g/mol. The van der Waals surface area contributed by atoms with E-state index in [2.05, 4.69) is 31.9 Å². The largest absolute Gasteiger partial charge is 0.488 e. The molecule has 0 spiro atoms. The van der Waals surface area contributed by atoms with Crippen molar-refractivity contribution >= 4 is 60.9 Å². The highest BCUT2D eigenvalue weighted by Crippen LogP contribution is 2.35. The standard InChI is InChI=1S/C35H26Br2N2O4S/c1-2-42-34(41)30-31(24-9-5-3-6-10-24)38-35-39(32(30)25-11-7-4-8-12-25)33(40)29(44-35)20-23-15-18-28(27(37)19-23)43-21-22-13-16-26(36)17-14-22/h3-20,32H,2,21H2,1H3/b29-20-/t32-/m0/s1. The topological polar surface area (TPSA) is 69.9 Å². The van der Waals surface area contributed by atoms with Gasteiger partial charge in [0.05, 0.1) is 32.9 Å². The number of halogens is 2. The van der Waals surface area contributed by atoms with E-state index in [9.17, 15) is 9.59 Å². The normalized spacial score (nSPS) is 14.6. The van der Waals surface area contributed by atoms with Crippen molar-refractivity contribution in [3.05, 3.63) is 160 Å². The Kier molecular flexibility index (Phi) is 9.07. The van der Waals surface area contributed by atoms with Gasteiger partial charge in [-0.3, -0.25) is 9.36 Å². The van der Waals surface area contributed by atoms with Crippen molar-refractivity contribution in [3.63, 3.8) is 0 Å². The zero-order chi connectivity index (χ0) is 30.6. The van der Waals surface area contributed by atoms with E-state index in [-0.39, 0.29) is 12.2 Å². The number of carbonyl (C=O) groups is 1. The fourth-order valence-electron chi connectivity index (χ4n) is 5.01. The van der Waals surface area contributed by atoms with Crippen molar-refractivity contribution in [3.8, 4) is 5.75 Å². The summed E-state index contributed by atoms with van der Waals surface area (Å²) in [7, 11) is 0. The highest BCUT2D eigenvalue weighted by atomic mass is 79.9. The minimum Gasteiger partial charge on any atom is -0.488 e. The van der Waals surface area contributed by atoms with E-state index in [0.29, 0.717) is 33.0 Å². The lowest BCUT2D eigenvalue weighted by Gasteiger charge is -2.25. The molecule has 1 aromatic heterocycles. The number of rotatable bonds is 8. The summed E-state index contributed by atoms with van der Waals surface area (Å²) >= 11 is 8.37. The SMILES string of the molecule is CCOC(=O)C1=C(c2ccccc2)N=c2s/c(=C\c3ccc(OCc4ccc(Br)cc4)c(Br)c3)c(=O)n2[C@H]1c1ccccc1. The molecule has 5 aromatic rings. The summed E-state index contributed by atoms with van der Waals surface area (Å²) in [5.74, 6) is 0.197. The molecule has 0 aliphatic carbocycles. The van der Waals surface area contributed by atoms with Crippen molar-refractivity contribution in [2.75, 3.05) is 6.61 Å². The minimum atomic E-state index is -0.704. The maximum Gasteiger partial charge on any atom is 0.338 e. The first kappa shape index (κ1) is 30.0. The maximum absolute atomic E-state index is 14.1. The predicted octanol–water partition coefficient (Wildman–Crippen LogP) is 7.04. The smallest absolute Gasteiger partial charge is 0.338 e. The number of ether oxygens (including phenoxy) is 2. The molecule has 44 heavy (non-hydrogen) atoms. The number of carbonyl (C=O) groups excluding carboxylic acids is 1. The molecule has 2 heterocycles. The lowest BCUT2D eigenvalue weighted by atomic mass is 9.93. The van der Waals surface area contributed by atoms with E-state index in [4.69, 9.17) is 14.5 Å². The Bertz CT molecular complexity index is 2040. The van der Waals surface area contributed by atoms with E-state index in [1.807, 2.05) is 109 Å². The number of hydrogen-bond donors (Lipinski definition) is 0. The lowest BCUT2D eigenvalue weighted by Crippen LogP contribution is -2.39. The van der Waals surface area contributed by atoms with Crippen LogP contribution in [0.5, 0.6) is 5.75 Å². The summed E-state index contributed by atoms with van der Waals surface area (Å²) in [6.07, 6.45) is 1.84. The first-order chi connectivity index (χ1) is 21.4. The van der Waals surface area contributed by atoms with Gasteiger partial charge in [-0.1, -0.05) is 106 Å². The molecule has 220 valence electrons. The van der Waals surface area contributed by atoms with Gasteiger partial charge in [0.15, 0.2) is 4.80 Å². The van der Waals surface area contributed by atoms with Crippen LogP contribution in [0.1, 0.15) is 35.2 Å². The Morgan fingerprint density at radius 3 is 2.34 bits per heavy atom. The second-order valence-corrected chi connectivity index (χ2v) is 12.7.